The average Bonchev–Trinajstić information content (AvgIpc) is 3.10. The number of nitrogens with one attached hydrogen (secondary N) is 2. The first-order valence-corrected chi connectivity index (χ1v) is 9.60. The Kier molecular flexibility index (Phi) is 5.05. The van der Waals surface area contributed by atoms with Gasteiger partial charge in [-0.3, -0.25) is 9.59 Å². The third-order valence-electron chi connectivity index (χ3n) is 4.77. The lowest BCUT2D eigenvalue weighted by atomic mass is 10.0. The molecule has 0 atom stereocenters. The van der Waals surface area contributed by atoms with Gasteiger partial charge in [-0.25, -0.2) is 4.52 Å². The number of hydrogen-bond donors (Lipinski definition) is 2. The molecule has 0 bridgehead atoms. The smallest absolute Gasteiger partial charge is 0.276 e. The summed E-state index contributed by atoms with van der Waals surface area (Å²) in [5.74, 6) is 0.243. The van der Waals surface area contributed by atoms with Crippen molar-refractivity contribution in [1.29, 1.82) is 0 Å². The van der Waals surface area contributed by atoms with Crippen molar-refractivity contribution in [1.82, 2.24) is 14.6 Å². The van der Waals surface area contributed by atoms with Crippen molar-refractivity contribution >= 4 is 28.8 Å². The molecule has 30 heavy (non-hydrogen) atoms. The summed E-state index contributed by atoms with van der Waals surface area (Å²) in [6.45, 7) is 3.67. The molecule has 0 aliphatic rings. The fraction of sp³-hybridized carbons (Fsp3) is 0.136. The Labute approximate surface area is 177 Å². The number of amides is 1. The minimum Gasteiger partial charge on any atom is -0.497 e. The third-order valence-corrected chi connectivity index (χ3v) is 5.08. The summed E-state index contributed by atoms with van der Waals surface area (Å²) in [5.41, 5.74) is 3.63. The fourth-order valence-corrected chi connectivity index (χ4v) is 3.57. The summed E-state index contributed by atoms with van der Waals surface area (Å²) in [6, 6.07) is 14.0. The van der Waals surface area contributed by atoms with Gasteiger partial charge in [0.25, 0.3) is 11.5 Å². The molecule has 4 rings (SSSR count). The Morgan fingerprint density at radius 3 is 2.53 bits per heavy atom. The molecule has 2 heterocycles. The Morgan fingerprint density at radius 1 is 1.13 bits per heavy atom. The highest BCUT2D eigenvalue weighted by Gasteiger charge is 2.23. The molecule has 8 heteroatoms. The minimum atomic E-state index is -0.435. The van der Waals surface area contributed by atoms with Gasteiger partial charge in [-0.15, -0.1) is 0 Å². The number of fused-ring (bicyclic) bond motifs is 1. The Balaban J connectivity index is 1.88. The normalized spacial score (nSPS) is 10.9. The van der Waals surface area contributed by atoms with E-state index in [4.69, 9.17) is 16.3 Å². The average molecular weight is 423 g/mol. The SMILES string of the molecule is COc1ccc(-c2c(C(=O)Nc3ccc(C)cc3Cl)nn3c(C)cc(=O)[nH]c23)cc1. The number of H-pyrrole nitrogens is 1. The van der Waals surface area contributed by atoms with Crippen LogP contribution in [-0.2, 0) is 0 Å². The first-order valence-electron chi connectivity index (χ1n) is 9.22. The van der Waals surface area contributed by atoms with Crippen LogP contribution >= 0.6 is 11.6 Å². The highest BCUT2D eigenvalue weighted by atomic mass is 35.5. The van der Waals surface area contributed by atoms with Gasteiger partial charge in [-0.1, -0.05) is 29.8 Å². The number of aromatic amines is 1. The van der Waals surface area contributed by atoms with Gasteiger partial charge in [0.15, 0.2) is 5.69 Å². The van der Waals surface area contributed by atoms with Crippen LogP contribution in [-0.4, -0.2) is 27.6 Å². The quantitative estimate of drug-likeness (QED) is 0.515. The zero-order valence-corrected chi connectivity index (χ0v) is 17.4. The van der Waals surface area contributed by atoms with Crippen molar-refractivity contribution in [2.45, 2.75) is 13.8 Å². The molecule has 0 aliphatic carbocycles. The van der Waals surface area contributed by atoms with E-state index in [-0.39, 0.29) is 11.3 Å². The molecular formula is C22H19ClN4O3. The molecule has 1 amide bonds. The molecule has 4 aromatic rings. The van der Waals surface area contributed by atoms with Crippen LogP contribution in [0.5, 0.6) is 5.75 Å². The summed E-state index contributed by atoms with van der Waals surface area (Å²) in [7, 11) is 1.58. The zero-order valence-electron chi connectivity index (χ0n) is 16.6. The summed E-state index contributed by atoms with van der Waals surface area (Å²) in [4.78, 5) is 28.1. The van der Waals surface area contributed by atoms with Crippen molar-refractivity contribution in [3.63, 3.8) is 0 Å². The molecule has 2 aromatic heterocycles. The van der Waals surface area contributed by atoms with Gasteiger partial charge >= 0.3 is 0 Å². The van der Waals surface area contributed by atoms with E-state index in [0.29, 0.717) is 38.9 Å². The molecule has 7 nitrogen and oxygen atoms in total. The number of aromatic nitrogens is 3. The third kappa shape index (κ3) is 3.55. The van der Waals surface area contributed by atoms with E-state index in [0.717, 1.165) is 5.56 Å². The number of halogens is 1. The first-order chi connectivity index (χ1) is 14.4. The second-order valence-corrected chi connectivity index (χ2v) is 7.33. The van der Waals surface area contributed by atoms with Gasteiger partial charge in [-0.05, 0) is 49.2 Å². The van der Waals surface area contributed by atoms with E-state index in [9.17, 15) is 9.59 Å². The van der Waals surface area contributed by atoms with Crippen LogP contribution < -0.4 is 15.6 Å². The topological polar surface area (TPSA) is 88.5 Å². The van der Waals surface area contributed by atoms with E-state index in [1.54, 1.807) is 42.8 Å². The maximum atomic E-state index is 13.2. The van der Waals surface area contributed by atoms with Gasteiger partial charge in [-0.2, -0.15) is 5.10 Å². The molecular weight excluding hydrogens is 404 g/mol. The summed E-state index contributed by atoms with van der Waals surface area (Å²) in [5, 5.41) is 7.73. The summed E-state index contributed by atoms with van der Waals surface area (Å²) in [6.07, 6.45) is 0. The molecule has 0 fully saturated rings. The van der Waals surface area contributed by atoms with E-state index in [2.05, 4.69) is 15.4 Å². The number of anilines is 1. The van der Waals surface area contributed by atoms with Crippen LogP contribution in [0.25, 0.3) is 16.8 Å². The molecule has 0 aliphatic heterocycles. The maximum absolute atomic E-state index is 13.2. The van der Waals surface area contributed by atoms with Gasteiger partial charge < -0.3 is 15.0 Å². The number of methoxy groups -OCH3 is 1. The van der Waals surface area contributed by atoms with E-state index in [1.165, 1.54) is 6.07 Å². The molecule has 0 spiro atoms. The van der Waals surface area contributed by atoms with Gasteiger partial charge in [0.1, 0.15) is 11.4 Å². The van der Waals surface area contributed by atoms with Crippen LogP contribution in [0.1, 0.15) is 21.7 Å². The molecule has 152 valence electrons. The minimum absolute atomic E-state index is 0.168. The fourth-order valence-electron chi connectivity index (χ4n) is 3.29. The van der Waals surface area contributed by atoms with Crippen molar-refractivity contribution in [3.05, 3.63) is 80.9 Å². The number of ether oxygens (including phenoxy) is 1. The standard InChI is InChI=1S/C22H19ClN4O3/c1-12-4-9-17(16(23)10-12)24-22(29)20-19(14-5-7-15(30-3)8-6-14)21-25-18(28)11-13(2)27(21)26-20/h4-11H,1-3H3,(H,24,29)(H,25,28). The van der Waals surface area contributed by atoms with Crippen molar-refractivity contribution in [3.8, 4) is 16.9 Å². The van der Waals surface area contributed by atoms with Gasteiger partial charge in [0, 0.05) is 11.8 Å². The number of rotatable bonds is 4. The molecule has 0 saturated heterocycles. The summed E-state index contributed by atoms with van der Waals surface area (Å²) < 4.78 is 6.77. The van der Waals surface area contributed by atoms with Gasteiger partial charge in [0.05, 0.1) is 23.4 Å². The zero-order chi connectivity index (χ0) is 21.4. The molecule has 2 N–H and O–H groups in total. The predicted octanol–water partition coefficient (Wildman–Crippen LogP) is 4.22. The lowest BCUT2D eigenvalue weighted by Gasteiger charge is -2.08. The van der Waals surface area contributed by atoms with E-state index < -0.39 is 5.91 Å². The lowest BCUT2D eigenvalue weighted by Crippen LogP contribution is -2.14. The summed E-state index contributed by atoms with van der Waals surface area (Å²) >= 11 is 6.27. The number of hydrogen-bond acceptors (Lipinski definition) is 4. The number of carbonyl (C=O) groups is 1. The molecule has 2 aromatic carbocycles. The van der Waals surface area contributed by atoms with Crippen LogP contribution in [0.4, 0.5) is 5.69 Å². The van der Waals surface area contributed by atoms with Crippen molar-refractivity contribution < 1.29 is 9.53 Å². The van der Waals surface area contributed by atoms with Crippen molar-refractivity contribution in [2.24, 2.45) is 0 Å². The Hall–Kier alpha value is -3.58. The molecule has 0 radical (unpaired) electrons. The largest absolute Gasteiger partial charge is 0.497 e. The van der Waals surface area contributed by atoms with Crippen molar-refractivity contribution in [2.75, 3.05) is 12.4 Å². The second-order valence-electron chi connectivity index (χ2n) is 6.92. The van der Waals surface area contributed by atoms with Crippen LogP contribution in [0.2, 0.25) is 5.02 Å². The molecule has 0 saturated carbocycles. The predicted molar refractivity (Wildman–Crippen MR) is 117 cm³/mol. The van der Waals surface area contributed by atoms with Crippen LogP contribution in [0.15, 0.2) is 53.3 Å². The number of aryl methyl sites for hydroxylation is 2. The lowest BCUT2D eigenvalue weighted by molar-refractivity contribution is 0.102. The number of carbonyl (C=O) groups excluding carboxylic acids is 1. The van der Waals surface area contributed by atoms with E-state index >= 15 is 0 Å². The van der Waals surface area contributed by atoms with E-state index in [1.807, 2.05) is 25.1 Å². The highest BCUT2D eigenvalue weighted by Crippen LogP contribution is 2.30. The first kappa shape index (κ1) is 19.7. The van der Waals surface area contributed by atoms with Crippen LogP contribution in [0.3, 0.4) is 0 Å². The second kappa shape index (κ2) is 7.68. The monoisotopic (exact) mass is 422 g/mol. The Bertz CT molecular complexity index is 1320. The molecule has 0 unspecified atom stereocenters. The number of benzene rings is 2. The van der Waals surface area contributed by atoms with Gasteiger partial charge in [0.2, 0.25) is 0 Å². The maximum Gasteiger partial charge on any atom is 0.276 e. The highest BCUT2D eigenvalue weighted by molar-refractivity contribution is 6.34. The van der Waals surface area contributed by atoms with Crippen LogP contribution in [0, 0.1) is 13.8 Å². The Morgan fingerprint density at radius 2 is 1.87 bits per heavy atom. The number of nitrogens with zero attached hydrogens (tertiary/aromatic N) is 2.